The van der Waals surface area contributed by atoms with E-state index in [0.717, 1.165) is 0 Å². The lowest BCUT2D eigenvalue weighted by Crippen LogP contribution is -2.66. The van der Waals surface area contributed by atoms with Crippen molar-refractivity contribution in [3.05, 3.63) is 12.2 Å². The second-order valence-electron chi connectivity index (χ2n) is 13.3. The second kappa shape index (κ2) is 10.1. The first-order valence-electron chi connectivity index (χ1n) is 12.6. The van der Waals surface area contributed by atoms with E-state index in [1.165, 1.54) is 6.08 Å². The van der Waals surface area contributed by atoms with Crippen molar-refractivity contribution in [1.82, 2.24) is 0 Å². The van der Waals surface area contributed by atoms with Crippen LogP contribution in [0.15, 0.2) is 12.2 Å². The maximum atomic E-state index is 13.4. The predicted octanol–water partition coefficient (Wildman–Crippen LogP) is 5.61. The molecule has 0 unspecified atom stereocenters. The van der Waals surface area contributed by atoms with Crippen LogP contribution in [-0.4, -0.2) is 66.2 Å². The van der Waals surface area contributed by atoms with Gasteiger partial charge in [-0.15, -0.1) is 0 Å². The minimum absolute atomic E-state index is 0.0581. The predicted molar refractivity (Wildman–Crippen MR) is 142 cm³/mol. The highest BCUT2D eigenvalue weighted by Crippen LogP contribution is 2.44. The van der Waals surface area contributed by atoms with E-state index >= 15 is 0 Å². The van der Waals surface area contributed by atoms with E-state index in [-0.39, 0.29) is 15.9 Å². The van der Waals surface area contributed by atoms with Gasteiger partial charge >= 0.3 is 5.97 Å². The average molecular weight is 529 g/mol. The highest BCUT2D eigenvalue weighted by Gasteiger charge is 2.56. The molecule has 0 aromatic carbocycles. The quantitative estimate of drug-likeness (QED) is 0.241. The van der Waals surface area contributed by atoms with Crippen LogP contribution in [-0.2, 0) is 32.7 Å². The molecule has 1 fully saturated rings. The van der Waals surface area contributed by atoms with Gasteiger partial charge in [-0.05, 0) is 62.6 Å². The first-order valence-corrected chi connectivity index (χ1v) is 18.5. The molecule has 1 aliphatic heterocycles. The van der Waals surface area contributed by atoms with Crippen molar-refractivity contribution < 1.29 is 32.7 Å². The van der Waals surface area contributed by atoms with E-state index in [2.05, 4.69) is 67.7 Å². The van der Waals surface area contributed by atoms with Crippen molar-refractivity contribution in [1.29, 1.82) is 0 Å². The Balaban J connectivity index is 2.52. The maximum Gasteiger partial charge on any atom is 0.320 e. The largest absolute Gasteiger partial charge is 0.456 e. The molecule has 9 heteroatoms. The molecule has 0 amide bonds. The lowest BCUT2D eigenvalue weighted by Gasteiger charge is -2.51. The highest BCUT2D eigenvalue weighted by molar-refractivity contribution is 6.74. The van der Waals surface area contributed by atoms with Crippen LogP contribution >= 0.6 is 0 Å². The van der Waals surface area contributed by atoms with Crippen molar-refractivity contribution in [3.8, 4) is 0 Å². The summed E-state index contributed by atoms with van der Waals surface area (Å²) in [6.45, 7) is 25.2. The van der Waals surface area contributed by atoms with Gasteiger partial charge in [0.1, 0.15) is 17.6 Å². The molecule has 1 heterocycles. The summed E-state index contributed by atoms with van der Waals surface area (Å²) in [6, 6.07) is 0. The molecule has 0 bridgehead atoms. The van der Waals surface area contributed by atoms with Gasteiger partial charge in [0.2, 0.25) is 0 Å². The van der Waals surface area contributed by atoms with E-state index < -0.39 is 58.7 Å². The number of rotatable bonds is 7. The molecular weight excluding hydrogens is 480 g/mol. The molecule has 0 spiro atoms. The molecule has 1 saturated heterocycles. The maximum absolute atomic E-state index is 13.4. The van der Waals surface area contributed by atoms with Crippen LogP contribution in [0.25, 0.3) is 0 Å². The Kier molecular flexibility index (Phi) is 8.80. The molecule has 0 aromatic heterocycles. The van der Waals surface area contributed by atoms with Crippen molar-refractivity contribution in [2.75, 3.05) is 7.11 Å². The van der Waals surface area contributed by atoms with Crippen molar-refractivity contribution in [3.63, 3.8) is 0 Å². The zero-order chi connectivity index (χ0) is 27.2. The van der Waals surface area contributed by atoms with E-state index in [4.69, 9.17) is 23.1 Å². The topological polar surface area (TPSA) is 80.3 Å². The number of esters is 1. The minimum Gasteiger partial charge on any atom is -0.456 e. The number of allylic oxidation sites excluding steroid dienone is 2. The summed E-state index contributed by atoms with van der Waals surface area (Å²) in [5.74, 6) is -0.795. The SMILES string of the molecule is CO[C@H]1O[C@H](C)[C@@H](OC(=O)[C@@]2(C)CC=CC2=O)[C@H](O[Si](C)(C)C(C)(C)C)[C@H]1O[Si](C)(C)C(C)(C)C. The van der Waals surface area contributed by atoms with Crippen LogP contribution in [0.2, 0.25) is 36.3 Å². The Hall–Kier alpha value is -0.846. The van der Waals surface area contributed by atoms with Gasteiger partial charge in [0.05, 0.1) is 6.10 Å². The third kappa shape index (κ3) is 6.18. The number of carbonyl (C=O) groups excluding carboxylic acids is 2. The summed E-state index contributed by atoms with van der Waals surface area (Å²) in [4.78, 5) is 25.8. The summed E-state index contributed by atoms with van der Waals surface area (Å²) >= 11 is 0. The number of hydrogen-bond donors (Lipinski definition) is 0. The number of ether oxygens (including phenoxy) is 3. The van der Waals surface area contributed by atoms with Crippen molar-refractivity contribution >= 4 is 28.4 Å². The van der Waals surface area contributed by atoms with Crippen LogP contribution in [0.4, 0.5) is 0 Å². The smallest absolute Gasteiger partial charge is 0.320 e. The zero-order valence-electron chi connectivity index (χ0n) is 24.1. The summed E-state index contributed by atoms with van der Waals surface area (Å²) in [6.07, 6.45) is 0.382. The van der Waals surface area contributed by atoms with E-state index in [9.17, 15) is 9.59 Å². The molecule has 0 radical (unpaired) electrons. The fraction of sp³-hybridized carbons (Fsp3) is 0.846. The molecule has 1 aliphatic carbocycles. The summed E-state index contributed by atoms with van der Waals surface area (Å²) < 4.78 is 31.9. The van der Waals surface area contributed by atoms with Gasteiger partial charge in [0.25, 0.3) is 0 Å². The van der Waals surface area contributed by atoms with Crippen LogP contribution in [0.5, 0.6) is 0 Å². The molecule has 0 N–H and O–H groups in total. The molecule has 7 nitrogen and oxygen atoms in total. The van der Waals surface area contributed by atoms with Crippen molar-refractivity contribution in [2.45, 2.75) is 129 Å². The molecule has 6 atom stereocenters. The Morgan fingerprint density at radius 3 is 1.86 bits per heavy atom. The molecule has 2 rings (SSSR count). The first kappa shape index (κ1) is 30.4. The van der Waals surface area contributed by atoms with Gasteiger partial charge in [0, 0.05) is 7.11 Å². The number of methoxy groups -OCH3 is 1. The van der Waals surface area contributed by atoms with Gasteiger partial charge in [-0.2, -0.15) is 0 Å². The summed E-state index contributed by atoms with van der Waals surface area (Å²) in [5, 5.41) is -0.137. The van der Waals surface area contributed by atoms with Crippen LogP contribution in [0.3, 0.4) is 0 Å². The lowest BCUT2D eigenvalue weighted by atomic mass is 9.87. The molecule has 2 aliphatic rings. The van der Waals surface area contributed by atoms with Gasteiger partial charge < -0.3 is 23.1 Å². The van der Waals surface area contributed by atoms with Gasteiger partial charge in [0.15, 0.2) is 34.8 Å². The molecule has 0 aromatic rings. The standard InChI is InChI=1S/C26H48O7Si2/c1-17-19(31-23(28)26(8)16-14-15-18(26)27)20(32-34(10,11)24(2,3)4)21(22(29-9)30-17)33-35(12,13)25(5,6)7/h14-15,17,19-22H,16H2,1-13H3/t17-,19-,20+,21-,22+,26+/m1/s1. The Labute approximate surface area is 214 Å². The molecule has 0 saturated carbocycles. The zero-order valence-corrected chi connectivity index (χ0v) is 26.1. The van der Waals surface area contributed by atoms with Crippen LogP contribution in [0, 0.1) is 5.41 Å². The average Bonchev–Trinajstić information content (AvgIpc) is 3.04. The normalized spacial score (nSPS) is 32.7. The van der Waals surface area contributed by atoms with Gasteiger partial charge in [-0.1, -0.05) is 47.6 Å². The number of ketones is 1. The van der Waals surface area contributed by atoms with Gasteiger partial charge in [-0.25, -0.2) is 0 Å². The Morgan fingerprint density at radius 2 is 1.46 bits per heavy atom. The van der Waals surface area contributed by atoms with Gasteiger partial charge in [-0.3, -0.25) is 9.59 Å². The third-order valence-electron chi connectivity index (χ3n) is 8.47. The summed E-state index contributed by atoms with van der Waals surface area (Å²) in [5.41, 5.74) is -1.23. The Morgan fingerprint density at radius 1 is 0.971 bits per heavy atom. The first-order chi connectivity index (χ1) is 15.7. The van der Waals surface area contributed by atoms with E-state index in [1.54, 1.807) is 20.1 Å². The molecule has 35 heavy (non-hydrogen) atoms. The minimum atomic E-state index is -2.33. The van der Waals surface area contributed by atoms with E-state index in [1.807, 2.05) is 6.92 Å². The van der Waals surface area contributed by atoms with E-state index in [0.29, 0.717) is 6.42 Å². The summed E-state index contributed by atoms with van der Waals surface area (Å²) in [7, 11) is -3.02. The fourth-order valence-electron chi connectivity index (χ4n) is 3.74. The monoisotopic (exact) mass is 528 g/mol. The second-order valence-corrected chi connectivity index (χ2v) is 22.8. The molecule has 202 valence electrons. The fourth-order valence-corrected chi connectivity index (χ4v) is 6.32. The molecular formula is C26H48O7Si2. The van der Waals surface area contributed by atoms with Crippen LogP contribution in [0.1, 0.15) is 61.8 Å². The van der Waals surface area contributed by atoms with Crippen LogP contribution < -0.4 is 0 Å². The highest BCUT2D eigenvalue weighted by atomic mass is 28.4. The third-order valence-corrected chi connectivity index (χ3v) is 17.4. The lowest BCUT2D eigenvalue weighted by molar-refractivity contribution is -0.284. The number of hydrogen-bond acceptors (Lipinski definition) is 7. The number of carbonyl (C=O) groups is 2. The Bertz CT molecular complexity index is 825. The van der Waals surface area contributed by atoms with Crippen molar-refractivity contribution in [2.24, 2.45) is 5.41 Å².